The van der Waals surface area contributed by atoms with Crippen molar-refractivity contribution in [3.8, 4) is 11.5 Å². The largest absolute Gasteiger partial charge is 0.466 e. The molecule has 0 unspecified atom stereocenters. The first kappa shape index (κ1) is 26.3. The lowest BCUT2D eigenvalue weighted by atomic mass is 10.0. The molecule has 0 spiro atoms. The maximum atomic E-state index is 14.7. The molecule has 1 atom stereocenters. The summed E-state index contributed by atoms with van der Waals surface area (Å²) in [6, 6.07) is 19.0. The van der Waals surface area contributed by atoms with Crippen LogP contribution in [0.3, 0.4) is 0 Å². The highest BCUT2D eigenvalue weighted by atomic mass is 32.2. The van der Waals surface area contributed by atoms with E-state index >= 15 is 0 Å². The molecule has 0 bridgehead atoms. The zero-order valence-electron chi connectivity index (χ0n) is 20.2. The molecule has 0 saturated carbocycles. The van der Waals surface area contributed by atoms with Crippen molar-refractivity contribution in [3.05, 3.63) is 84.2 Å². The van der Waals surface area contributed by atoms with Crippen molar-refractivity contribution in [1.82, 2.24) is 4.31 Å². The zero-order chi connectivity index (χ0) is 26.4. The number of hydrogen-bond donors (Lipinski definition) is 1. The predicted molar refractivity (Wildman–Crippen MR) is 135 cm³/mol. The Morgan fingerprint density at radius 1 is 1.03 bits per heavy atom. The van der Waals surface area contributed by atoms with Crippen LogP contribution in [-0.2, 0) is 19.6 Å². The number of ether oxygens (including phenoxy) is 2. The maximum absolute atomic E-state index is 14.7. The van der Waals surface area contributed by atoms with E-state index in [1.807, 2.05) is 30.3 Å². The lowest BCUT2D eigenvalue weighted by Crippen LogP contribution is -2.43. The summed E-state index contributed by atoms with van der Waals surface area (Å²) in [6.07, 6.45) is 0.930. The van der Waals surface area contributed by atoms with E-state index in [2.05, 4.69) is 5.32 Å². The second-order valence-electron chi connectivity index (χ2n) is 8.49. The van der Waals surface area contributed by atoms with Crippen LogP contribution in [0, 0.1) is 11.7 Å². The first-order valence-electron chi connectivity index (χ1n) is 11.9. The molecule has 1 saturated heterocycles. The number of esters is 1. The number of benzene rings is 3. The van der Waals surface area contributed by atoms with E-state index < -0.39 is 38.5 Å². The minimum atomic E-state index is -4.28. The number of piperidine rings is 1. The lowest BCUT2D eigenvalue weighted by Gasteiger charge is -2.30. The van der Waals surface area contributed by atoms with Crippen LogP contribution in [0.4, 0.5) is 10.1 Å². The fourth-order valence-corrected chi connectivity index (χ4v) is 5.64. The molecule has 1 amide bonds. The number of anilines is 1. The van der Waals surface area contributed by atoms with E-state index in [1.165, 1.54) is 6.07 Å². The molecule has 37 heavy (non-hydrogen) atoms. The molecule has 8 nitrogen and oxygen atoms in total. The van der Waals surface area contributed by atoms with Gasteiger partial charge in [-0.05, 0) is 74.4 Å². The summed E-state index contributed by atoms with van der Waals surface area (Å²) in [7, 11) is -4.28. The van der Waals surface area contributed by atoms with Gasteiger partial charge in [-0.3, -0.25) is 9.59 Å². The first-order chi connectivity index (χ1) is 17.8. The molecular weight excluding hydrogens is 499 g/mol. The Morgan fingerprint density at radius 2 is 1.73 bits per heavy atom. The van der Waals surface area contributed by atoms with Gasteiger partial charge in [-0.2, -0.15) is 4.31 Å². The average Bonchev–Trinajstić information content (AvgIpc) is 2.90. The molecule has 1 N–H and O–H groups in total. The Balaban J connectivity index is 1.47. The summed E-state index contributed by atoms with van der Waals surface area (Å²) in [5, 5.41) is 2.68. The second-order valence-corrected chi connectivity index (χ2v) is 10.4. The van der Waals surface area contributed by atoms with Gasteiger partial charge in [0.05, 0.1) is 12.5 Å². The molecule has 0 aliphatic carbocycles. The van der Waals surface area contributed by atoms with E-state index in [1.54, 1.807) is 31.2 Å². The third-order valence-corrected chi connectivity index (χ3v) is 7.79. The van der Waals surface area contributed by atoms with Crippen molar-refractivity contribution >= 4 is 27.6 Å². The van der Waals surface area contributed by atoms with Crippen molar-refractivity contribution in [2.45, 2.75) is 24.7 Å². The van der Waals surface area contributed by atoms with Crippen LogP contribution in [-0.4, -0.2) is 44.3 Å². The Morgan fingerprint density at radius 3 is 2.43 bits per heavy atom. The van der Waals surface area contributed by atoms with Crippen LogP contribution >= 0.6 is 0 Å². The van der Waals surface area contributed by atoms with Crippen LogP contribution in [0.15, 0.2) is 77.7 Å². The molecule has 1 aliphatic rings. The second kappa shape index (κ2) is 11.5. The van der Waals surface area contributed by atoms with Crippen molar-refractivity contribution in [1.29, 1.82) is 0 Å². The zero-order valence-corrected chi connectivity index (χ0v) is 21.0. The molecule has 0 radical (unpaired) electrons. The number of hydrogen-bond acceptors (Lipinski definition) is 6. The summed E-state index contributed by atoms with van der Waals surface area (Å²) >= 11 is 0. The number of carbonyl (C=O) groups is 2. The van der Waals surface area contributed by atoms with Gasteiger partial charge < -0.3 is 14.8 Å². The van der Waals surface area contributed by atoms with E-state index in [-0.39, 0.29) is 25.3 Å². The normalized spacial score (nSPS) is 16.1. The number of para-hydroxylation sites is 1. The summed E-state index contributed by atoms with van der Waals surface area (Å²) < 4.78 is 53.0. The predicted octanol–water partition coefficient (Wildman–Crippen LogP) is 4.83. The lowest BCUT2D eigenvalue weighted by molar-refractivity contribution is -0.149. The number of nitrogens with one attached hydrogen (secondary N) is 1. The molecule has 4 rings (SSSR count). The topological polar surface area (TPSA) is 102 Å². The van der Waals surface area contributed by atoms with Gasteiger partial charge in [0.1, 0.15) is 22.2 Å². The first-order valence-corrected chi connectivity index (χ1v) is 13.3. The van der Waals surface area contributed by atoms with Gasteiger partial charge in [-0.25, -0.2) is 12.8 Å². The van der Waals surface area contributed by atoms with Crippen LogP contribution in [0.5, 0.6) is 11.5 Å². The quantitative estimate of drug-likeness (QED) is 0.422. The van der Waals surface area contributed by atoms with Crippen LogP contribution in [0.1, 0.15) is 30.1 Å². The fourth-order valence-electron chi connectivity index (χ4n) is 4.03. The standard InChI is InChI=1S/C27H27FN2O6S/c1-2-35-27(32)20-7-6-16-30(18-20)37(33,34)25-17-19(10-15-24(25)28)26(31)29-21-11-13-23(14-12-21)36-22-8-4-3-5-9-22/h3-5,8-15,17,20H,2,6-7,16,18H2,1H3,(H,29,31)/t20-/m1/s1. The van der Waals surface area contributed by atoms with Gasteiger partial charge in [0.15, 0.2) is 0 Å². The number of carbonyl (C=O) groups excluding carboxylic acids is 2. The minimum absolute atomic E-state index is 0.0245. The van der Waals surface area contributed by atoms with E-state index in [9.17, 15) is 22.4 Å². The maximum Gasteiger partial charge on any atom is 0.310 e. The molecule has 1 aliphatic heterocycles. The molecule has 3 aromatic carbocycles. The Labute approximate surface area is 215 Å². The molecule has 194 valence electrons. The fraction of sp³-hybridized carbons (Fsp3) is 0.259. The number of rotatable bonds is 8. The summed E-state index contributed by atoms with van der Waals surface area (Å²) in [6.45, 7) is 1.91. The summed E-state index contributed by atoms with van der Waals surface area (Å²) in [5.41, 5.74) is 0.427. The van der Waals surface area contributed by atoms with Gasteiger partial charge in [0, 0.05) is 24.3 Å². The summed E-state index contributed by atoms with van der Waals surface area (Å²) in [4.78, 5) is 24.3. The molecule has 10 heteroatoms. The number of halogens is 1. The Bertz CT molecular complexity index is 1360. The average molecular weight is 527 g/mol. The number of nitrogens with zero attached hydrogens (tertiary/aromatic N) is 1. The van der Waals surface area contributed by atoms with E-state index in [0.717, 1.165) is 16.4 Å². The SMILES string of the molecule is CCOC(=O)[C@@H]1CCCN(S(=O)(=O)c2cc(C(=O)Nc3ccc(Oc4ccccc4)cc3)ccc2F)C1. The van der Waals surface area contributed by atoms with E-state index in [4.69, 9.17) is 9.47 Å². The number of amides is 1. The van der Waals surface area contributed by atoms with Crippen LogP contribution < -0.4 is 10.1 Å². The van der Waals surface area contributed by atoms with Gasteiger partial charge in [0.2, 0.25) is 10.0 Å². The number of sulfonamides is 1. The molecular formula is C27H27FN2O6S. The van der Waals surface area contributed by atoms with Crippen molar-refractivity contribution in [2.75, 3.05) is 25.0 Å². The third kappa shape index (κ3) is 6.33. The van der Waals surface area contributed by atoms with Gasteiger partial charge in [-0.15, -0.1) is 0 Å². The third-order valence-electron chi connectivity index (χ3n) is 5.91. The highest BCUT2D eigenvalue weighted by Crippen LogP contribution is 2.28. The van der Waals surface area contributed by atoms with Crippen molar-refractivity contribution in [2.24, 2.45) is 5.92 Å². The highest BCUT2D eigenvalue weighted by Gasteiger charge is 2.35. The molecule has 0 aromatic heterocycles. The smallest absolute Gasteiger partial charge is 0.310 e. The Kier molecular flexibility index (Phi) is 8.20. The van der Waals surface area contributed by atoms with Crippen LogP contribution in [0.2, 0.25) is 0 Å². The van der Waals surface area contributed by atoms with Gasteiger partial charge in [0.25, 0.3) is 5.91 Å². The minimum Gasteiger partial charge on any atom is -0.466 e. The monoisotopic (exact) mass is 526 g/mol. The van der Waals surface area contributed by atoms with Crippen LogP contribution in [0.25, 0.3) is 0 Å². The Hall–Kier alpha value is -3.76. The molecule has 1 heterocycles. The molecule has 3 aromatic rings. The van der Waals surface area contributed by atoms with Crippen molar-refractivity contribution in [3.63, 3.8) is 0 Å². The van der Waals surface area contributed by atoms with Gasteiger partial charge in [-0.1, -0.05) is 18.2 Å². The van der Waals surface area contributed by atoms with Gasteiger partial charge >= 0.3 is 5.97 Å². The summed E-state index contributed by atoms with van der Waals surface area (Å²) in [5.74, 6) is -1.43. The molecule has 1 fully saturated rings. The highest BCUT2D eigenvalue weighted by molar-refractivity contribution is 7.89. The van der Waals surface area contributed by atoms with E-state index in [0.29, 0.717) is 30.0 Å². The van der Waals surface area contributed by atoms with Crippen molar-refractivity contribution < 1.29 is 31.9 Å².